The summed E-state index contributed by atoms with van der Waals surface area (Å²) in [6, 6.07) is 0.432. The van der Waals surface area contributed by atoms with Crippen LogP contribution in [0.2, 0.25) is 0 Å². The Morgan fingerprint density at radius 1 is 1.29 bits per heavy atom. The molecule has 7 heteroatoms. The molecule has 0 amide bonds. The second-order valence-corrected chi connectivity index (χ2v) is 7.10. The number of hydrogen-bond donors (Lipinski definition) is 2. The van der Waals surface area contributed by atoms with E-state index in [2.05, 4.69) is 29.4 Å². The van der Waals surface area contributed by atoms with Crippen molar-refractivity contribution >= 4 is 29.9 Å². The summed E-state index contributed by atoms with van der Waals surface area (Å²) in [7, 11) is 0. The number of hydrogen-bond acceptors (Lipinski definition) is 4. The average Bonchev–Trinajstić information content (AvgIpc) is 3.16. The van der Waals surface area contributed by atoms with Crippen molar-refractivity contribution in [2.45, 2.75) is 51.4 Å². The molecule has 0 spiro atoms. The molecule has 3 aliphatic rings. The van der Waals surface area contributed by atoms with E-state index in [1.165, 1.54) is 12.8 Å². The van der Waals surface area contributed by atoms with Crippen LogP contribution in [0, 0.1) is 5.92 Å². The Bertz CT molecular complexity index is 404. The van der Waals surface area contributed by atoms with Gasteiger partial charge in [-0.1, -0.05) is 6.92 Å². The molecule has 2 N–H and O–H groups in total. The van der Waals surface area contributed by atoms with Gasteiger partial charge in [0.1, 0.15) is 0 Å². The molecule has 3 fully saturated rings. The lowest BCUT2D eigenvalue weighted by Gasteiger charge is -2.28. The van der Waals surface area contributed by atoms with Gasteiger partial charge in [0.2, 0.25) is 0 Å². The van der Waals surface area contributed by atoms with Gasteiger partial charge in [0.25, 0.3) is 0 Å². The molecule has 3 rings (SSSR count). The minimum Gasteiger partial charge on any atom is -0.379 e. The van der Waals surface area contributed by atoms with Crippen LogP contribution in [0.1, 0.15) is 33.1 Å². The highest BCUT2D eigenvalue weighted by molar-refractivity contribution is 14.0. The Morgan fingerprint density at radius 2 is 2.08 bits per heavy atom. The van der Waals surface area contributed by atoms with Crippen molar-refractivity contribution in [1.82, 2.24) is 15.5 Å². The Hall–Kier alpha value is -0.120. The maximum Gasteiger partial charge on any atom is 0.191 e. The van der Waals surface area contributed by atoms with Crippen molar-refractivity contribution in [1.29, 1.82) is 0 Å². The summed E-state index contributed by atoms with van der Waals surface area (Å²) in [5.41, 5.74) is 0. The monoisotopic (exact) mass is 452 g/mol. The number of morpholine rings is 1. The Kier molecular flexibility index (Phi) is 8.53. The molecule has 24 heavy (non-hydrogen) atoms. The van der Waals surface area contributed by atoms with E-state index in [0.29, 0.717) is 24.2 Å². The fourth-order valence-electron chi connectivity index (χ4n) is 3.81. The van der Waals surface area contributed by atoms with Crippen molar-refractivity contribution in [3.05, 3.63) is 0 Å². The van der Waals surface area contributed by atoms with Crippen LogP contribution >= 0.6 is 24.0 Å². The van der Waals surface area contributed by atoms with Gasteiger partial charge in [0, 0.05) is 32.7 Å². The van der Waals surface area contributed by atoms with E-state index in [1.807, 2.05) is 0 Å². The number of rotatable bonds is 6. The van der Waals surface area contributed by atoms with Crippen LogP contribution in [0.25, 0.3) is 0 Å². The predicted molar refractivity (Wildman–Crippen MR) is 107 cm³/mol. The summed E-state index contributed by atoms with van der Waals surface area (Å²) < 4.78 is 11.3. The van der Waals surface area contributed by atoms with Gasteiger partial charge in [-0.2, -0.15) is 0 Å². The standard InChI is InChI=1S/C17H32N4O2.HI/c1-3-18-17(20-15-10-14-4-5-16(15)23-14)19-11-13(2)12-21-6-8-22-9-7-21;/h13-16H,3-12H2,1-2H3,(H2,18,19,20);1H. The highest BCUT2D eigenvalue weighted by Gasteiger charge is 2.41. The third kappa shape index (κ3) is 5.71. The summed E-state index contributed by atoms with van der Waals surface area (Å²) in [6.07, 6.45) is 4.40. The van der Waals surface area contributed by atoms with Crippen LogP contribution in [0.4, 0.5) is 0 Å². The van der Waals surface area contributed by atoms with Gasteiger partial charge in [-0.05, 0) is 32.1 Å². The number of ether oxygens (including phenoxy) is 2. The molecule has 2 bridgehead atoms. The molecular weight excluding hydrogens is 419 g/mol. The molecule has 0 radical (unpaired) electrons. The Morgan fingerprint density at radius 3 is 2.71 bits per heavy atom. The van der Waals surface area contributed by atoms with Gasteiger partial charge >= 0.3 is 0 Å². The number of fused-ring (bicyclic) bond motifs is 2. The number of nitrogens with zero attached hydrogens (tertiary/aromatic N) is 2. The zero-order valence-electron chi connectivity index (χ0n) is 15.0. The second kappa shape index (κ2) is 10.1. The van der Waals surface area contributed by atoms with Gasteiger partial charge in [0.15, 0.2) is 5.96 Å². The highest BCUT2D eigenvalue weighted by atomic mass is 127. The van der Waals surface area contributed by atoms with Gasteiger partial charge in [-0.25, -0.2) is 0 Å². The third-order valence-electron chi connectivity index (χ3n) is 5.01. The van der Waals surface area contributed by atoms with Gasteiger partial charge in [-0.3, -0.25) is 9.89 Å². The molecule has 0 aliphatic carbocycles. The molecule has 140 valence electrons. The molecule has 4 unspecified atom stereocenters. The number of nitrogens with one attached hydrogen (secondary N) is 2. The van der Waals surface area contributed by atoms with Crippen LogP contribution in [0.3, 0.4) is 0 Å². The molecule has 3 heterocycles. The van der Waals surface area contributed by atoms with E-state index in [-0.39, 0.29) is 24.0 Å². The van der Waals surface area contributed by atoms with Gasteiger partial charge in [-0.15, -0.1) is 24.0 Å². The first-order chi connectivity index (χ1) is 11.2. The normalized spacial score (nSPS) is 31.6. The largest absolute Gasteiger partial charge is 0.379 e. The molecule has 0 aromatic rings. The highest BCUT2D eigenvalue weighted by Crippen LogP contribution is 2.34. The molecule has 4 atom stereocenters. The lowest BCUT2D eigenvalue weighted by Crippen LogP contribution is -2.47. The lowest BCUT2D eigenvalue weighted by atomic mass is 9.96. The molecule has 0 aromatic heterocycles. The minimum atomic E-state index is 0. The number of guanidine groups is 1. The van der Waals surface area contributed by atoms with Crippen LogP contribution in [0.15, 0.2) is 4.99 Å². The van der Waals surface area contributed by atoms with E-state index in [0.717, 1.165) is 58.3 Å². The summed E-state index contributed by atoms with van der Waals surface area (Å²) >= 11 is 0. The van der Waals surface area contributed by atoms with Crippen molar-refractivity contribution in [3.63, 3.8) is 0 Å². The summed E-state index contributed by atoms with van der Waals surface area (Å²) in [5, 5.41) is 6.97. The van der Waals surface area contributed by atoms with Crippen molar-refractivity contribution in [2.75, 3.05) is 45.9 Å². The van der Waals surface area contributed by atoms with Crippen LogP contribution in [0.5, 0.6) is 0 Å². The van der Waals surface area contributed by atoms with E-state index in [4.69, 9.17) is 14.5 Å². The second-order valence-electron chi connectivity index (χ2n) is 7.10. The maximum absolute atomic E-state index is 5.93. The molecule has 0 aromatic carbocycles. The van der Waals surface area contributed by atoms with Crippen molar-refractivity contribution < 1.29 is 9.47 Å². The fourth-order valence-corrected chi connectivity index (χ4v) is 3.81. The number of aliphatic imine (C=N–C) groups is 1. The van der Waals surface area contributed by atoms with E-state index >= 15 is 0 Å². The summed E-state index contributed by atoms with van der Waals surface area (Å²) in [6.45, 7) is 11.1. The third-order valence-corrected chi connectivity index (χ3v) is 5.01. The fraction of sp³-hybridized carbons (Fsp3) is 0.941. The first-order valence-electron chi connectivity index (χ1n) is 9.25. The van der Waals surface area contributed by atoms with E-state index < -0.39 is 0 Å². The molecule has 0 saturated carbocycles. The van der Waals surface area contributed by atoms with Crippen LogP contribution < -0.4 is 10.6 Å². The van der Waals surface area contributed by atoms with Crippen molar-refractivity contribution in [2.24, 2.45) is 10.9 Å². The first kappa shape index (κ1) is 20.2. The zero-order chi connectivity index (χ0) is 16.1. The first-order valence-corrected chi connectivity index (χ1v) is 9.25. The summed E-state index contributed by atoms with van der Waals surface area (Å²) in [4.78, 5) is 7.29. The van der Waals surface area contributed by atoms with Crippen LogP contribution in [-0.2, 0) is 9.47 Å². The SMILES string of the molecule is CCNC(=NCC(C)CN1CCOCC1)NC1CC2CCC1O2.I. The Labute approximate surface area is 163 Å². The zero-order valence-corrected chi connectivity index (χ0v) is 17.3. The molecule has 3 aliphatic heterocycles. The molecule has 6 nitrogen and oxygen atoms in total. The van der Waals surface area contributed by atoms with Gasteiger partial charge < -0.3 is 20.1 Å². The minimum absolute atomic E-state index is 0. The maximum atomic E-state index is 5.93. The molecule has 3 saturated heterocycles. The topological polar surface area (TPSA) is 58.1 Å². The molecular formula is C17H33IN4O2. The van der Waals surface area contributed by atoms with Crippen LogP contribution in [-0.4, -0.2) is 75.0 Å². The Balaban J connectivity index is 0.00000208. The van der Waals surface area contributed by atoms with E-state index in [1.54, 1.807) is 0 Å². The average molecular weight is 452 g/mol. The van der Waals surface area contributed by atoms with E-state index in [9.17, 15) is 0 Å². The van der Waals surface area contributed by atoms with Gasteiger partial charge in [0.05, 0.1) is 31.5 Å². The predicted octanol–water partition coefficient (Wildman–Crippen LogP) is 1.45. The lowest BCUT2D eigenvalue weighted by molar-refractivity contribution is 0.0323. The smallest absolute Gasteiger partial charge is 0.191 e. The summed E-state index contributed by atoms with van der Waals surface area (Å²) in [5.74, 6) is 1.50. The van der Waals surface area contributed by atoms with Crippen molar-refractivity contribution in [3.8, 4) is 0 Å². The quantitative estimate of drug-likeness (QED) is 0.363. The number of halogens is 1.